The number of methoxy groups -OCH3 is 1. The monoisotopic (exact) mass is 488 g/mol. The van der Waals surface area contributed by atoms with Gasteiger partial charge in [-0.25, -0.2) is 17.6 Å². The lowest BCUT2D eigenvalue weighted by Crippen LogP contribution is -2.43. The fourth-order valence-corrected chi connectivity index (χ4v) is 6.41. The Bertz CT molecular complexity index is 1270. The average molecular weight is 489 g/mol. The predicted molar refractivity (Wildman–Crippen MR) is 123 cm³/mol. The Kier molecular flexibility index (Phi) is 6.59. The van der Waals surface area contributed by atoms with Gasteiger partial charge in [-0.3, -0.25) is 4.79 Å². The third-order valence-electron chi connectivity index (χ3n) is 5.35. The van der Waals surface area contributed by atoms with Crippen molar-refractivity contribution in [1.29, 1.82) is 0 Å². The zero-order valence-electron chi connectivity index (χ0n) is 17.7. The topological polar surface area (TPSA) is 92.8 Å². The first-order chi connectivity index (χ1) is 15.8. The van der Waals surface area contributed by atoms with Crippen LogP contribution < -0.4 is 5.32 Å². The van der Waals surface area contributed by atoms with E-state index in [-0.39, 0.29) is 22.0 Å². The molecule has 10 heteroatoms. The summed E-state index contributed by atoms with van der Waals surface area (Å²) in [7, 11) is -2.74. The molecule has 0 bridgehead atoms. The van der Waals surface area contributed by atoms with Crippen molar-refractivity contribution in [3.05, 3.63) is 71.4 Å². The maximum absolute atomic E-state index is 13.2. The third kappa shape index (κ3) is 4.68. The van der Waals surface area contributed by atoms with Gasteiger partial charge in [0.15, 0.2) is 0 Å². The summed E-state index contributed by atoms with van der Waals surface area (Å²) in [6.07, 6.45) is 0.830. The van der Waals surface area contributed by atoms with Crippen LogP contribution in [0.1, 0.15) is 22.5 Å². The number of nitrogens with one attached hydrogen (secondary N) is 1. The number of sulfonamides is 1. The highest BCUT2D eigenvalue weighted by Crippen LogP contribution is 2.36. The van der Waals surface area contributed by atoms with E-state index in [0.29, 0.717) is 12.8 Å². The molecule has 0 aliphatic carbocycles. The van der Waals surface area contributed by atoms with Crippen molar-refractivity contribution in [2.45, 2.75) is 23.8 Å². The Hall–Kier alpha value is -3.08. The fraction of sp³-hybridized carbons (Fsp3) is 0.217. The molecule has 1 amide bonds. The van der Waals surface area contributed by atoms with Gasteiger partial charge in [-0.1, -0.05) is 30.3 Å². The standard InChI is InChI=1S/C23H21FN2O5S2/c1-31-23(28)21-18(14-20(32-21)15-6-3-2-4-7-15)25-22(27)19-8-5-13-26(19)33(29,30)17-11-9-16(24)10-12-17/h2-4,6-7,9-12,14,19H,5,8,13H2,1H3,(H,25,27). The Morgan fingerprint density at radius 1 is 1.12 bits per heavy atom. The van der Waals surface area contributed by atoms with Gasteiger partial charge in [-0.15, -0.1) is 11.3 Å². The number of hydrogen-bond donors (Lipinski definition) is 1. The van der Waals surface area contributed by atoms with Crippen LogP contribution in [0.15, 0.2) is 65.6 Å². The highest BCUT2D eigenvalue weighted by Gasteiger charge is 2.40. The van der Waals surface area contributed by atoms with E-state index in [4.69, 9.17) is 4.74 Å². The molecule has 4 rings (SSSR count). The van der Waals surface area contributed by atoms with Crippen LogP contribution in [0.4, 0.5) is 10.1 Å². The van der Waals surface area contributed by atoms with Gasteiger partial charge in [0.1, 0.15) is 16.7 Å². The Morgan fingerprint density at radius 2 is 1.82 bits per heavy atom. The normalized spacial score (nSPS) is 16.5. The van der Waals surface area contributed by atoms with Gasteiger partial charge < -0.3 is 10.1 Å². The van der Waals surface area contributed by atoms with E-state index in [1.807, 2.05) is 30.3 Å². The van der Waals surface area contributed by atoms with Gasteiger partial charge >= 0.3 is 5.97 Å². The molecule has 0 radical (unpaired) electrons. The van der Waals surface area contributed by atoms with Gasteiger partial charge in [-0.05, 0) is 48.7 Å². The van der Waals surface area contributed by atoms with Gasteiger partial charge in [0, 0.05) is 11.4 Å². The van der Waals surface area contributed by atoms with Crippen LogP contribution in [0, 0.1) is 5.82 Å². The molecule has 33 heavy (non-hydrogen) atoms. The quantitative estimate of drug-likeness (QED) is 0.527. The smallest absolute Gasteiger partial charge is 0.350 e. The second-order valence-electron chi connectivity index (χ2n) is 7.43. The first kappa shape index (κ1) is 23.1. The van der Waals surface area contributed by atoms with Crippen molar-refractivity contribution in [3.63, 3.8) is 0 Å². The van der Waals surface area contributed by atoms with E-state index < -0.39 is 33.8 Å². The molecule has 1 unspecified atom stereocenters. The minimum Gasteiger partial charge on any atom is -0.465 e. The molecule has 0 spiro atoms. The maximum atomic E-state index is 13.2. The summed E-state index contributed by atoms with van der Waals surface area (Å²) < 4.78 is 45.4. The summed E-state index contributed by atoms with van der Waals surface area (Å²) in [5.74, 6) is -1.69. The zero-order valence-corrected chi connectivity index (χ0v) is 19.3. The molecule has 2 heterocycles. The number of carbonyl (C=O) groups excluding carboxylic acids is 2. The number of carbonyl (C=O) groups is 2. The van der Waals surface area contributed by atoms with Gasteiger partial charge in [0.2, 0.25) is 15.9 Å². The Balaban J connectivity index is 1.61. The number of ether oxygens (including phenoxy) is 1. The van der Waals surface area contributed by atoms with Gasteiger partial charge in [0.25, 0.3) is 0 Å². The molecule has 1 saturated heterocycles. The number of anilines is 1. The number of hydrogen-bond acceptors (Lipinski definition) is 6. The summed E-state index contributed by atoms with van der Waals surface area (Å²) in [5.41, 5.74) is 1.14. The lowest BCUT2D eigenvalue weighted by molar-refractivity contribution is -0.119. The van der Waals surface area contributed by atoms with Crippen molar-refractivity contribution in [3.8, 4) is 10.4 Å². The van der Waals surface area contributed by atoms with Crippen molar-refractivity contribution in [2.75, 3.05) is 19.0 Å². The highest BCUT2D eigenvalue weighted by atomic mass is 32.2. The summed E-state index contributed by atoms with van der Waals surface area (Å²) in [6, 6.07) is 14.6. The van der Waals surface area contributed by atoms with Crippen LogP contribution in [0.3, 0.4) is 0 Å². The molecule has 3 aromatic rings. The van der Waals surface area contributed by atoms with Crippen LogP contribution >= 0.6 is 11.3 Å². The molecule has 1 N–H and O–H groups in total. The van der Waals surface area contributed by atoms with Crippen LogP contribution in [-0.4, -0.2) is 44.3 Å². The Labute approximate surface area is 194 Å². The number of thiophene rings is 1. The first-order valence-electron chi connectivity index (χ1n) is 10.2. The third-order valence-corrected chi connectivity index (χ3v) is 8.43. The SMILES string of the molecule is COC(=O)c1sc(-c2ccccc2)cc1NC(=O)C1CCCN1S(=O)(=O)c1ccc(F)cc1. The lowest BCUT2D eigenvalue weighted by atomic mass is 10.2. The zero-order chi connectivity index (χ0) is 23.6. The Morgan fingerprint density at radius 3 is 2.48 bits per heavy atom. The number of esters is 1. The average Bonchev–Trinajstić information content (AvgIpc) is 3.48. The van der Waals surface area contributed by atoms with Crippen molar-refractivity contribution in [1.82, 2.24) is 4.31 Å². The molecule has 1 fully saturated rings. The second kappa shape index (κ2) is 9.42. The van der Waals surface area contributed by atoms with E-state index in [0.717, 1.165) is 26.9 Å². The summed E-state index contributed by atoms with van der Waals surface area (Å²) >= 11 is 1.18. The van der Waals surface area contributed by atoms with Gasteiger partial charge in [0.05, 0.1) is 17.7 Å². The number of nitrogens with zero attached hydrogens (tertiary/aromatic N) is 1. The fourth-order valence-electron chi connectivity index (χ4n) is 3.72. The second-order valence-corrected chi connectivity index (χ2v) is 10.4. The minimum atomic E-state index is -3.99. The van der Waals surface area contributed by atoms with Crippen LogP contribution in [0.5, 0.6) is 0 Å². The van der Waals surface area contributed by atoms with E-state index >= 15 is 0 Å². The van der Waals surface area contributed by atoms with Crippen LogP contribution in [0.2, 0.25) is 0 Å². The molecule has 1 atom stereocenters. The molecule has 2 aromatic carbocycles. The molecular formula is C23H21FN2O5S2. The highest BCUT2D eigenvalue weighted by molar-refractivity contribution is 7.89. The molecule has 7 nitrogen and oxygen atoms in total. The molecule has 172 valence electrons. The predicted octanol–water partition coefficient (Wildman–Crippen LogP) is 4.13. The number of amides is 1. The van der Waals surface area contributed by atoms with E-state index in [9.17, 15) is 22.4 Å². The number of rotatable bonds is 6. The van der Waals surface area contributed by atoms with Crippen molar-refractivity contribution in [2.24, 2.45) is 0 Å². The summed E-state index contributed by atoms with van der Waals surface area (Å²) in [5, 5.41) is 2.73. The van der Waals surface area contributed by atoms with Crippen molar-refractivity contribution >= 4 is 38.9 Å². The maximum Gasteiger partial charge on any atom is 0.350 e. The van der Waals surface area contributed by atoms with E-state index in [2.05, 4.69) is 5.32 Å². The molecule has 0 saturated carbocycles. The summed E-state index contributed by atoms with van der Waals surface area (Å²) in [4.78, 5) is 26.4. The van der Waals surface area contributed by atoms with Crippen LogP contribution in [0.25, 0.3) is 10.4 Å². The molecule has 1 aromatic heterocycles. The molecular weight excluding hydrogens is 467 g/mol. The lowest BCUT2D eigenvalue weighted by Gasteiger charge is -2.23. The summed E-state index contributed by atoms with van der Waals surface area (Å²) in [6.45, 7) is 0.167. The van der Waals surface area contributed by atoms with Gasteiger partial charge in [-0.2, -0.15) is 4.31 Å². The molecule has 1 aliphatic rings. The molecule has 1 aliphatic heterocycles. The largest absolute Gasteiger partial charge is 0.465 e. The van der Waals surface area contributed by atoms with Crippen LogP contribution in [-0.2, 0) is 19.6 Å². The van der Waals surface area contributed by atoms with Crippen molar-refractivity contribution < 1.29 is 27.1 Å². The minimum absolute atomic E-state index is 0.0826. The first-order valence-corrected chi connectivity index (χ1v) is 12.4. The van der Waals surface area contributed by atoms with E-state index in [1.165, 1.54) is 30.6 Å². The number of benzene rings is 2. The number of halogens is 1. The van der Waals surface area contributed by atoms with E-state index in [1.54, 1.807) is 6.07 Å².